The summed E-state index contributed by atoms with van der Waals surface area (Å²) in [6.45, 7) is 5.96. The third-order valence-corrected chi connectivity index (χ3v) is 5.78. The maximum Gasteiger partial charge on any atom is 0.155 e. The minimum absolute atomic E-state index is 0.226. The smallest absolute Gasteiger partial charge is 0.155 e. The zero-order valence-corrected chi connectivity index (χ0v) is 12.9. The fraction of sp³-hybridized carbons (Fsp3) is 0.600. The van der Waals surface area contributed by atoms with Crippen molar-refractivity contribution in [2.24, 2.45) is 11.7 Å². The zero-order chi connectivity index (χ0) is 14.5. The molecule has 2 unspecified atom stereocenters. The maximum atomic E-state index is 12.4. The van der Waals surface area contributed by atoms with Gasteiger partial charge in [0.1, 0.15) is 0 Å². The minimum Gasteiger partial charge on any atom is -0.323 e. The molecule has 0 aliphatic carbocycles. The van der Waals surface area contributed by atoms with Crippen LogP contribution in [0.5, 0.6) is 0 Å². The number of hydrogen-bond donors (Lipinski definition) is 1. The van der Waals surface area contributed by atoms with Crippen LogP contribution in [0.25, 0.3) is 0 Å². The molecule has 0 aromatic heterocycles. The van der Waals surface area contributed by atoms with Gasteiger partial charge in [-0.15, -0.1) is 0 Å². The third-order valence-electron chi connectivity index (χ3n) is 3.43. The lowest BCUT2D eigenvalue weighted by atomic mass is 10.0. The Kier molecular flexibility index (Phi) is 6.01. The molecule has 0 aliphatic rings. The molecule has 1 rings (SSSR count). The van der Waals surface area contributed by atoms with Crippen molar-refractivity contribution in [3.8, 4) is 0 Å². The van der Waals surface area contributed by atoms with E-state index in [0.29, 0.717) is 18.8 Å². The van der Waals surface area contributed by atoms with Gasteiger partial charge in [0.05, 0.1) is 11.0 Å². The Morgan fingerprint density at radius 2 is 1.74 bits per heavy atom. The molecule has 1 aromatic carbocycles. The molecule has 0 saturated heterocycles. The Morgan fingerprint density at radius 1 is 1.16 bits per heavy atom. The lowest BCUT2D eigenvalue weighted by molar-refractivity contribution is 0.535. The second-order valence-electron chi connectivity index (χ2n) is 5.43. The number of rotatable bonds is 7. The van der Waals surface area contributed by atoms with Gasteiger partial charge in [-0.3, -0.25) is 0 Å². The Labute approximate surface area is 117 Å². The van der Waals surface area contributed by atoms with Crippen LogP contribution >= 0.6 is 0 Å². The molecule has 0 heterocycles. The van der Waals surface area contributed by atoms with E-state index in [1.165, 1.54) is 0 Å². The Morgan fingerprint density at radius 3 is 2.21 bits per heavy atom. The Hall–Kier alpha value is -0.870. The van der Waals surface area contributed by atoms with Crippen molar-refractivity contribution in [2.75, 3.05) is 5.75 Å². The van der Waals surface area contributed by atoms with Crippen LogP contribution < -0.4 is 5.73 Å². The number of nitrogens with two attached hydrogens (primary N) is 1. The predicted molar refractivity (Wildman–Crippen MR) is 80.7 cm³/mol. The molecule has 1 aromatic rings. The van der Waals surface area contributed by atoms with Gasteiger partial charge in [-0.05, 0) is 24.3 Å². The number of hydrogen-bond acceptors (Lipinski definition) is 3. The van der Waals surface area contributed by atoms with Crippen LogP contribution in [0.15, 0.2) is 30.3 Å². The fourth-order valence-electron chi connectivity index (χ4n) is 2.17. The number of benzene rings is 1. The first-order valence-corrected chi connectivity index (χ1v) is 8.62. The minimum atomic E-state index is -3.14. The van der Waals surface area contributed by atoms with Crippen molar-refractivity contribution >= 4 is 9.84 Å². The molecule has 2 atom stereocenters. The molecule has 0 aliphatic heterocycles. The van der Waals surface area contributed by atoms with Gasteiger partial charge in [-0.2, -0.15) is 0 Å². The summed E-state index contributed by atoms with van der Waals surface area (Å²) in [6.07, 6.45) is 1.25. The predicted octanol–water partition coefficient (Wildman–Crippen LogP) is 2.93. The highest BCUT2D eigenvalue weighted by molar-refractivity contribution is 7.92. The van der Waals surface area contributed by atoms with E-state index < -0.39 is 21.1 Å². The van der Waals surface area contributed by atoms with Crippen LogP contribution in [0.4, 0.5) is 0 Å². The molecule has 4 heteroatoms. The number of sulfone groups is 1. The van der Waals surface area contributed by atoms with Gasteiger partial charge in [-0.25, -0.2) is 8.42 Å². The average Bonchev–Trinajstić information content (AvgIpc) is 2.38. The second-order valence-corrected chi connectivity index (χ2v) is 7.77. The molecule has 19 heavy (non-hydrogen) atoms. The van der Waals surface area contributed by atoms with Crippen molar-refractivity contribution in [3.05, 3.63) is 35.9 Å². The lowest BCUT2D eigenvalue weighted by Crippen LogP contribution is -2.35. The Balaban J connectivity index is 2.88. The van der Waals surface area contributed by atoms with E-state index in [0.717, 1.165) is 5.56 Å². The Bertz CT molecular complexity index is 468. The van der Waals surface area contributed by atoms with Crippen LogP contribution in [-0.4, -0.2) is 19.4 Å². The molecule has 3 nitrogen and oxygen atoms in total. The van der Waals surface area contributed by atoms with E-state index >= 15 is 0 Å². The SMILES string of the molecule is CCC(C(N)c1ccccc1)S(=O)(=O)CCC(C)C. The van der Waals surface area contributed by atoms with Crippen molar-refractivity contribution < 1.29 is 8.42 Å². The molecule has 2 N–H and O–H groups in total. The summed E-state index contributed by atoms with van der Waals surface area (Å²) in [5.41, 5.74) is 7.05. The zero-order valence-electron chi connectivity index (χ0n) is 12.0. The average molecular weight is 283 g/mol. The molecule has 108 valence electrons. The molecule has 0 saturated carbocycles. The normalized spacial score (nSPS) is 15.4. The van der Waals surface area contributed by atoms with Crippen molar-refractivity contribution in [3.63, 3.8) is 0 Å². The standard InChI is InChI=1S/C15H25NO2S/c1-4-14(19(17,18)11-10-12(2)3)15(16)13-8-6-5-7-9-13/h5-9,12,14-15H,4,10-11,16H2,1-3H3. The highest BCUT2D eigenvalue weighted by atomic mass is 32.2. The van der Waals surface area contributed by atoms with Gasteiger partial charge < -0.3 is 5.73 Å². The quantitative estimate of drug-likeness (QED) is 0.837. The highest BCUT2D eigenvalue weighted by Crippen LogP contribution is 2.24. The van der Waals surface area contributed by atoms with Gasteiger partial charge in [0, 0.05) is 6.04 Å². The van der Waals surface area contributed by atoms with E-state index in [4.69, 9.17) is 5.73 Å². The van der Waals surface area contributed by atoms with Gasteiger partial charge in [0.15, 0.2) is 9.84 Å². The van der Waals surface area contributed by atoms with Gasteiger partial charge >= 0.3 is 0 Å². The largest absolute Gasteiger partial charge is 0.323 e. The van der Waals surface area contributed by atoms with Crippen molar-refractivity contribution in [1.29, 1.82) is 0 Å². The second kappa shape index (κ2) is 7.06. The van der Waals surface area contributed by atoms with E-state index in [1.54, 1.807) is 0 Å². The summed E-state index contributed by atoms with van der Waals surface area (Å²) < 4.78 is 24.8. The molecular formula is C15H25NO2S. The van der Waals surface area contributed by atoms with E-state index in [9.17, 15) is 8.42 Å². The molecule has 0 radical (unpaired) electrons. The first-order chi connectivity index (χ1) is 8.88. The van der Waals surface area contributed by atoms with Crippen molar-refractivity contribution in [1.82, 2.24) is 0 Å². The summed E-state index contributed by atoms with van der Waals surface area (Å²) >= 11 is 0. The molecular weight excluding hydrogens is 258 g/mol. The van der Waals surface area contributed by atoms with Crippen LogP contribution in [0, 0.1) is 5.92 Å². The summed E-state index contributed by atoms with van der Waals surface area (Å²) in [5, 5.41) is -0.492. The van der Waals surface area contributed by atoms with Crippen molar-refractivity contribution in [2.45, 2.75) is 44.9 Å². The molecule has 0 spiro atoms. The summed E-state index contributed by atoms with van der Waals surface area (Å²) in [4.78, 5) is 0. The first-order valence-electron chi connectivity index (χ1n) is 6.90. The van der Waals surface area contributed by atoms with Gasteiger partial charge in [0.25, 0.3) is 0 Å². The van der Waals surface area contributed by atoms with Crippen LogP contribution in [-0.2, 0) is 9.84 Å². The van der Waals surface area contributed by atoms with Crippen LogP contribution in [0.2, 0.25) is 0 Å². The summed E-state index contributed by atoms with van der Waals surface area (Å²) in [6, 6.07) is 9.04. The van der Waals surface area contributed by atoms with E-state index in [1.807, 2.05) is 51.1 Å². The van der Waals surface area contributed by atoms with Crippen LogP contribution in [0.3, 0.4) is 0 Å². The molecule has 0 fully saturated rings. The first kappa shape index (κ1) is 16.2. The lowest BCUT2D eigenvalue weighted by Gasteiger charge is -2.23. The maximum absolute atomic E-state index is 12.4. The highest BCUT2D eigenvalue weighted by Gasteiger charge is 2.30. The van der Waals surface area contributed by atoms with E-state index in [2.05, 4.69) is 0 Å². The topological polar surface area (TPSA) is 60.2 Å². The third kappa shape index (κ3) is 4.62. The summed E-state index contributed by atoms with van der Waals surface area (Å²) in [5.74, 6) is 0.615. The van der Waals surface area contributed by atoms with Gasteiger partial charge in [-0.1, -0.05) is 51.1 Å². The van der Waals surface area contributed by atoms with E-state index in [-0.39, 0.29) is 5.75 Å². The molecule has 0 amide bonds. The van der Waals surface area contributed by atoms with Gasteiger partial charge in [0.2, 0.25) is 0 Å². The molecule has 0 bridgehead atoms. The summed E-state index contributed by atoms with van der Waals surface area (Å²) in [7, 11) is -3.14. The van der Waals surface area contributed by atoms with Crippen LogP contribution in [0.1, 0.15) is 45.2 Å². The fourth-order valence-corrected chi connectivity index (χ4v) is 4.39. The monoisotopic (exact) mass is 283 g/mol.